The van der Waals surface area contributed by atoms with E-state index in [1.54, 1.807) is 0 Å². The first-order valence-corrected chi connectivity index (χ1v) is 8.29. The molecule has 0 saturated heterocycles. The Bertz CT molecular complexity index is 777. The average Bonchev–Trinajstić information content (AvgIpc) is 2.64. The molecule has 0 saturated carbocycles. The highest BCUT2D eigenvalue weighted by Gasteiger charge is 2.13. The molecule has 24 heavy (non-hydrogen) atoms. The fraction of sp³-hybridized carbons (Fsp3) is 0.182. The third kappa shape index (κ3) is 3.43. The summed E-state index contributed by atoms with van der Waals surface area (Å²) in [5.41, 5.74) is 4.33. The van der Waals surface area contributed by atoms with Crippen molar-refractivity contribution in [3.63, 3.8) is 0 Å². The molecule has 0 aromatic heterocycles. The molecule has 3 rings (SSSR count). The molecule has 0 fully saturated rings. The highest BCUT2D eigenvalue weighted by Crippen LogP contribution is 2.39. The van der Waals surface area contributed by atoms with Crippen LogP contribution in [0.1, 0.15) is 13.8 Å². The molecule has 1 radical (unpaired) electrons. The van der Waals surface area contributed by atoms with Gasteiger partial charge in [-0.15, -0.1) is 0 Å². The van der Waals surface area contributed by atoms with Gasteiger partial charge in [0.15, 0.2) is 0 Å². The summed E-state index contributed by atoms with van der Waals surface area (Å²) in [5, 5.41) is 0. The number of ether oxygens (including phenoxy) is 2. The quantitative estimate of drug-likeness (QED) is 0.587. The molecule has 0 bridgehead atoms. The highest BCUT2D eigenvalue weighted by atomic mass is 16.5. The first-order valence-electron chi connectivity index (χ1n) is 8.29. The van der Waals surface area contributed by atoms with Crippen LogP contribution >= 0.6 is 0 Å². The smallest absolute Gasteiger partial charge is 0.127 e. The van der Waals surface area contributed by atoms with E-state index in [4.69, 9.17) is 9.47 Å². The zero-order chi connectivity index (χ0) is 16.8. The first-order chi connectivity index (χ1) is 11.8. The number of hydrogen-bond acceptors (Lipinski definition) is 2. The van der Waals surface area contributed by atoms with Gasteiger partial charge in [-0.1, -0.05) is 48.5 Å². The van der Waals surface area contributed by atoms with E-state index < -0.39 is 0 Å². The molecule has 0 aliphatic carbocycles. The Balaban J connectivity index is 2.13. The standard InChI is InChI=1S/C22H21O2/c1-3-23-19-15-13-18(14-16-19)22-20(17-9-6-5-7-10-17)11-8-12-21(22)24-4-2/h5-10,12-16H,3-4H2,1-2H3. The second-order valence-corrected chi connectivity index (χ2v) is 5.35. The molecule has 0 spiro atoms. The Morgan fingerprint density at radius 3 is 2.12 bits per heavy atom. The molecule has 0 atom stereocenters. The second-order valence-electron chi connectivity index (χ2n) is 5.35. The van der Waals surface area contributed by atoms with E-state index in [2.05, 4.69) is 30.3 Å². The van der Waals surface area contributed by atoms with E-state index in [0.717, 1.165) is 33.8 Å². The maximum Gasteiger partial charge on any atom is 0.127 e. The lowest BCUT2D eigenvalue weighted by molar-refractivity contribution is 0.340. The van der Waals surface area contributed by atoms with Crippen molar-refractivity contribution in [2.75, 3.05) is 13.2 Å². The van der Waals surface area contributed by atoms with Gasteiger partial charge in [0, 0.05) is 11.1 Å². The number of benzene rings is 3. The zero-order valence-corrected chi connectivity index (χ0v) is 14.1. The molecule has 0 unspecified atom stereocenters. The summed E-state index contributed by atoms with van der Waals surface area (Å²) in [6, 6.07) is 25.7. The maximum absolute atomic E-state index is 5.88. The van der Waals surface area contributed by atoms with Crippen LogP contribution in [0.15, 0.2) is 66.7 Å². The van der Waals surface area contributed by atoms with E-state index in [9.17, 15) is 0 Å². The van der Waals surface area contributed by atoms with E-state index in [0.29, 0.717) is 13.2 Å². The van der Waals surface area contributed by atoms with Crippen molar-refractivity contribution >= 4 is 0 Å². The van der Waals surface area contributed by atoms with Gasteiger partial charge in [-0.25, -0.2) is 0 Å². The Kier molecular flexibility index (Phi) is 5.17. The van der Waals surface area contributed by atoms with Gasteiger partial charge in [-0.05, 0) is 49.2 Å². The number of rotatable bonds is 6. The monoisotopic (exact) mass is 317 g/mol. The van der Waals surface area contributed by atoms with Crippen LogP contribution in [-0.2, 0) is 0 Å². The molecule has 0 amide bonds. The lowest BCUT2D eigenvalue weighted by Crippen LogP contribution is -1.96. The van der Waals surface area contributed by atoms with Gasteiger partial charge in [0.2, 0.25) is 0 Å². The summed E-state index contributed by atoms with van der Waals surface area (Å²) >= 11 is 0. The van der Waals surface area contributed by atoms with Crippen molar-refractivity contribution in [3.05, 3.63) is 72.8 Å². The highest BCUT2D eigenvalue weighted by molar-refractivity contribution is 5.87. The molecular formula is C22H21O2. The minimum Gasteiger partial charge on any atom is -0.494 e. The molecule has 121 valence electrons. The maximum atomic E-state index is 5.88. The second kappa shape index (κ2) is 7.69. The van der Waals surface area contributed by atoms with E-state index >= 15 is 0 Å². The summed E-state index contributed by atoms with van der Waals surface area (Å²) in [7, 11) is 0. The Labute approximate surface area is 143 Å². The van der Waals surface area contributed by atoms with E-state index in [1.807, 2.05) is 56.3 Å². The van der Waals surface area contributed by atoms with Gasteiger partial charge in [0.05, 0.1) is 13.2 Å². The van der Waals surface area contributed by atoms with Crippen molar-refractivity contribution in [2.45, 2.75) is 13.8 Å². The van der Waals surface area contributed by atoms with Crippen LogP contribution < -0.4 is 9.47 Å². The molecule has 0 N–H and O–H groups in total. The van der Waals surface area contributed by atoms with Crippen molar-refractivity contribution in [2.24, 2.45) is 0 Å². The van der Waals surface area contributed by atoms with Gasteiger partial charge in [0.1, 0.15) is 11.5 Å². The van der Waals surface area contributed by atoms with E-state index in [1.165, 1.54) is 0 Å². The summed E-state index contributed by atoms with van der Waals surface area (Å²) in [6.07, 6.45) is 0. The van der Waals surface area contributed by atoms with Crippen LogP contribution in [-0.4, -0.2) is 13.2 Å². The van der Waals surface area contributed by atoms with Crippen LogP contribution in [0.3, 0.4) is 0 Å². The minimum atomic E-state index is 0.627. The Morgan fingerprint density at radius 2 is 1.46 bits per heavy atom. The van der Waals surface area contributed by atoms with Gasteiger partial charge in [-0.2, -0.15) is 0 Å². The molecule has 2 heteroatoms. The van der Waals surface area contributed by atoms with Crippen LogP contribution in [0, 0.1) is 6.07 Å². The lowest BCUT2D eigenvalue weighted by atomic mass is 9.93. The van der Waals surface area contributed by atoms with Gasteiger partial charge >= 0.3 is 0 Å². The largest absolute Gasteiger partial charge is 0.494 e. The molecule has 3 aromatic rings. The van der Waals surface area contributed by atoms with Gasteiger partial charge in [-0.3, -0.25) is 0 Å². The summed E-state index contributed by atoms with van der Waals surface area (Å²) < 4.78 is 11.4. The van der Waals surface area contributed by atoms with Crippen molar-refractivity contribution in [3.8, 4) is 33.8 Å². The summed E-state index contributed by atoms with van der Waals surface area (Å²) in [4.78, 5) is 0. The average molecular weight is 317 g/mol. The Hall–Kier alpha value is -2.74. The molecule has 2 nitrogen and oxygen atoms in total. The predicted molar refractivity (Wildman–Crippen MR) is 98.5 cm³/mol. The van der Waals surface area contributed by atoms with Gasteiger partial charge in [0.25, 0.3) is 0 Å². The van der Waals surface area contributed by atoms with E-state index in [-0.39, 0.29) is 0 Å². The topological polar surface area (TPSA) is 18.5 Å². The van der Waals surface area contributed by atoms with Crippen LogP contribution in [0.2, 0.25) is 0 Å². The predicted octanol–water partition coefficient (Wildman–Crippen LogP) is 5.62. The molecule has 0 heterocycles. The third-order valence-electron chi connectivity index (χ3n) is 3.78. The molecule has 0 aliphatic heterocycles. The first kappa shape index (κ1) is 16.1. The van der Waals surface area contributed by atoms with Crippen LogP contribution in [0.4, 0.5) is 0 Å². The number of hydrogen-bond donors (Lipinski definition) is 0. The van der Waals surface area contributed by atoms with Crippen molar-refractivity contribution in [1.82, 2.24) is 0 Å². The fourth-order valence-electron chi connectivity index (χ4n) is 2.76. The Morgan fingerprint density at radius 1 is 0.750 bits per heavy atom. The summed E-state index contributed by atoms with van der Waals surface area (Å²) in [6.45, 7) is 5.28. The normalized spacial score (nSPS) is 10.4. The van der Waals surface area contributed by atoms with Crippen molar-refractivity contribution < 1.29 is 9.47 Å². The minimum absolute atomic E-state index is 0.627. The zero-order valence-electron chi connectivity index (χ0n) is 14.1. The van der Waals surface area contributed by atoms with Crippen LogP contribution in [0.5, 0.6) is 11.5 Å². The van der Waals surface area contributed by atoms with Gasteiger partial charge < -0.3 is 9.47 Å². The van der Waals surface area contributed by atoms with Crippen molar-refractivity contribution in [1.29, 1.82) is 0 Å². The SMILES string of the molecule is CCOc1ccc(-c2c(-c3ccccc3)[c]ccc2OCC)cc1. The fourth-order valence-corrected chi connectivity index (χ4v) is 2.76. The molecule has 0 aliphatic rings. The summed E-state index contributed by atoms with van der Waals surface area (Å²) in [5.74, 6) is 1.75. The molecule has 3 aromatic carbocycles. The molecular weight excluding hydrogens is 296 g/mol. The lowest BCUT2D eigenvalue weighted by Gasteiger charge is -2.16. The third-order valence-corrected chi connectivity index (χ3v) is 3.78. The van der Waals surface area contributed by atoms with Crippen LogP contribution in [0.25, 0.3) is 22.3 Å².